The van der Waals surface area contributed by atoms with Gasteiger partial charge in [0.1, 0.15) is 5.01 Å². The Kier molecular flexibility index (Phi) is 9.37. The Hall–Kier alpha value is -0.410. The van der Waals surface area contributed by atoms with Crippen molar-refractivity contribution in [2.75, 3.05) is 20.3 Å². The fraction of sp³-hybridized carbons (Fsp3) is 0.600. The van der Waals surface area contributed by atoms with Crippen LogP contribution < -0.4 is 11.1 Å². The zero-order valence-electron chi connectivity index (χ0n) is 10.1. The number of halogens is 1. The minimum absolute atomic E-state index is 0. The molecule has 0 aliphatic carbocycles. The van der Waals surface area contributed by atoms with Gasteiger partial charge in [-0.15, -0.1) is 35.3 Å². The van der Waals surface area contributed by atoms with Gasteiger partial charge in [-0.1, -0.05) is 6.92 Å². The van der Waals surface area contributed by atoms with E-state index in [4.69, 9.17) is 10.5 Å². The average molecular weight is 370 g/mol. The van der Waals surface area contributed by atoms with Crippen LogP contribution in [-0.2, 0) is 17.7 Å². The molecule has 5 nitrogen and oxygen atoms in total. The van der Waals surface area contributed by atoms with Crippen LogP contribution in [0.5, 0.6) is 0 Å². The van der Waals surface area contributed by atoms with Crippen LogP contribution in [-0.4, -0.2) is 31.2 Å². The summed E-state index contributed by atoms with van der Waals surface area (Å²) in [6.07, 6.45) is 2.91. The van der Waals surface area contributed by atoms with Crippen LogP contribution in [0.25, 0.3) is 0 Å². The van der Waals surface area contributed by atoms with E-state index in [1.807, 2.05) is 6.20 Å². The van der Waals surface area contributed by atoms with Crippen molar-refractivity contribution >= 4 is 41.3 Å². The largest absolute Gasteiger partial charge is 0.383 e. The number of thiazole rings is 1. The maximum Gasteiger partial charge on any atom is 0.189 e. The van der Waals surface area contributed by atoms with E-state index < -0.39 is 0 Å². The van der Waals surface area contributed by atoms with Crippen molar-refractivity contribution in [1.29, 1.82) is 0 Å². The summed E-state index contributed by atoms with van der Waals surface area (Å²) in [4.78, 5) is 9.72. The van der Waals surface area contributed by atoms with Gasteiger partial charge >= 0.3 is 0 Å². The van der Waals surface area contributed by atoms with E-state index in [0.717, 1.165) is 11.4 Å². The topological polar surface area (TPSA) is 72.5 Å². The number of aryl methyl sites for hydroxylation is 1. The van der Waals surface area contributed by atoms with E-state index in [0.29, 0.717) is 25.7 Å². The van der Waals surface area contributed by atoms with Crippen molar-refractivity contribution in [1.82, 2.24) is 10.3 Å². The Bertz CT molecular complexity index is 343. The number of nitrogens with two attached hydrogens (primary N) is 1. The molecule has 0 saturated carbocycles. The maximum atomic E-state index is 5.66. The smallest absolute Gasteiger partial charge is 0.189 e. The molecule has 1 heterocycles. The summed E-state index contributed by atoms with van der Waals surface area (Å²) in [7, 11) is 1.65. The van der Waals surface area contributed by atoms with Crippen LogP contribution in [0.2, 0.25) is 0 Å². The first kappa shape index (κ1) is 16.6. The summed E-state index contributed by atoms with van der Waals surface area (Å²) >= 11 is 1.68. The van der Waals surface area contributed by atoms with Crippen molar-refractivity contribution in [3.8, 4) is 0 Å². The van der Waals surface area contributed by atoms with Gasteiger partial charge in [0.2, 0.25) is 0 Å². The number of methoxy groups -OCH3 is 1. The minimum atomic E-state index is 0. The number of hydrogen-bond acceptors (Lipinski definition) is 4. The summed E-state index contributed by atoms with van der Waals surface area (Å²) in [6.45, 7) is 3.94. The highest BCUT2D eigenvalue weighted by atomic mass is 127. The molecule has 0 atom stereocenters. The molecule has 98 valence electrons. The molecule has 0 amide bonds. The van der Waals surface area contributed by atoms with Crippen molar-refractivity contribution in [3.63, 3.8) is 0 Å². The molecule has 0 unspecified atom stereocenters. The SMILES string of the molecule is CCc1cnc(CN=C(N)NCCOC)s1.I. The van der Waals surface area contributed by atoms with Gasteiger partial charge in [0.05, 0.1) is 13.2 Å². The first-order valence-corrected chi connectivity index (χ1v) is 6.04. The second-order valence-corrected chi connectivity index (χ2v) is 4.39. The lowest BCUT2D eigenvalue weighted by molar-refractivity contribution is 0.204. The third-order valence-corrected chi connectivity index (χ3v) is 3.07. The third-order valence-electron chi connectivity index (χ3n) is 1.95. The number of aromatic nitrogens is 1. The highest BCUT2D eigenvalue weighted by Gasteiger charge is 1.99. The number of ether oxygens (including phenoxy) is 1. The number of rotatable bonds is 6. The number of nitrogens with zero attached hydrogens (tertiary/aromatic N) is 2. The molecule has 0 saturated heterocycles. The molecule has 0 fully saturated rings. The van der Waals surface area contributed by atoms with Crippen LogP contribution >= 0.6 is 35.3 Å². The van der Waals surface area contributed by atoms with Gasteiger partial charge in [-0.05, 0) is 6.42 Å². The van der Waals surface area contributed by atoms with Crippen LogP contribution in [0.15, 0.2) is 11.2 Å². The molecule has 17 heavy (non-hydrogen) atoms. The summed E-state index contributed by atoms with van der Waals surface area (Å²) < 4.78 is 4.89. The molecule has 0 aliphatic heterocycles. The van der Waals surface area contributed by atoms with E-state index in [2.05, 4.69) is 22.2 Å². The Balaban J connectivity index is 0.00000256. The Morgan fingerprint density at radius 3 is 3.00 bits per heavy atom. The molecule has 7 heteroatoms. The molecule has 0 aliphatic rings. The van der Waals surface area contributed by atoms with E-state index >= 15 is 0 Å². The van der Waals surface area contributed by atoms with E-state index in [1.165, 1.54) is 4.88 Å². The lowest BCUT2D eigenvalue weighted by atomic mass is 10.4. The van der Waals surface area contributed by atoms with Crippen LogP contribution in [0.1, 0.15) is 16.8 Å². The molecular weight excluding hydrogens is 351 g/mol. The normalized spacial score (nSPS) is 11.1. The Morgan fingerprint density at radius 2 is 2.41 bits per heavy atom. The highest BCUT2D eigenvalue weighted by molar-refractivity contribution is 14.0. The van der Waals surface area contributed by atoms with Crippen LogP contribution in [0.4, 0.5) is 0 Å². The van der Waals surface area contributed by atoms with Gasteiger partial charge in [-0.3, -0.25) is 0 Å². The average Bonchev–Trinajstić information content (AvgIpc) is 2.74. The molecular formula is C10H19IN4OS. The van der Waals surface area contributed by atoms with Gasteiger partial charge in [0.15, 0.2) is 5.96 Å². The molecule has 0 spiro atoms. The molecule has 0 radical (unpaired) electrons. The number of nitrogens with one attached hydrogen (secondary N) is 1. The summed E-state index contributed by atoms with van der Waals surface area (Å²) in [5, 5.41) is 3.95. The van der Waals surface area contributed by atoms with E-state index in [-0.39, 0.29) is 24.0 Å². The van der Waals surface area contributed by atoms with Gasteiger partial charge in [-0.2, -0.15) is 0 Å². The summed E-state index contributed by atoms with van der Waals surface area (Å²) in [5.41, 5.74) is 5.66. The quantitative estimate of drug-likeness (QED) is 0.344. The van der Waals surface area contributed by atoms with Crippen molar-refractivity contribution in [2.45, 2.75) is 19.9 Å². The van der Waals surface area contributed by atoms with E-state index in [9.17, 15) is 0 Å². The number of aliphatic imine (C=N–C) groups is 1. The molecule has 3 N–H and O–H groups in total. The third kappa shape index (κ3) is 6.79. The number of hydrogen-bond donors (Lipinski definition) is 2. The standard InChI is InChI=1S/C10H18N4OS.HI/c1-3-8-6-13-9(16-8)7-14-10(11)12-4-5-15-2;/h6H,3-5,7H2,1-2H3,(H3,11,12,14);1H. The Labute approximate surface area is 123 Å². The second kappa shape index (κ2) is 9.60. The monoisotopic (exact) mass is 370 g/mol. The van der Waals surface area contributed by atoms with Crippen LogP contribution in [0, 0.1) is 0 Å². The van der Waals surface area contributed by atoms with E-state index in [1.54, 1.807) is 18.4 Å². The second-order valence-electron chi connectivity index (χ2n) is 3.19. The first-order chi connectivity index (χ1) is 7.76. The predicted octanol–water partition coefficient (Wildman–Crippen LogP) is 1.37. The van der Waals surface area contributed by atoms with Gasteiger partial charge in [-0.25, -0.2) is 9.98 Å². The fourth-order valence-electron chi connectivity index (χ4n) is 1.07. The fourth-order valence-corrected chi connectivity index (χ4v) is 1.86. The van der Waals surface area contributed by atoms with Crippen LogP contribution in [0.3, 0.4) is 0 Å². The molecule has 1 aromatic rings. The minimum Gasteiger partial charge on any atom is -0.383 e. The zero-order valence-corrected chi connectivity index (χ0v) is 13.2. The lowest BCUT2D eigenvalue weighted by Gasteiger charge is -2.03. The van der Waals surface area contributed by atoms with Crippen molar-refractivity contribution < 1.29 is 4.74 Å². The molecule has 0 bridgehead atoms. The number of guanidine groups is 1. The molecule has 1 aromatic heterocycles. The molecule has 1 rings (SSSR count). The van der Waals surface area contributed by atoms with Gasteiger partial charge in [0, 0.05) is 24.7 Å². The first-order valence-electron chi connectivity index (χ1n) is 5.22. The summed E-state index contributed by atoms with van der Waals surface area (Å²) in [6, 6.07) is 0. The zero-order chi connectivity index (χ0) is 11.8. The Morgan fingerprint density at radius 1 is 1.65 bits per heavy atom. The van der Waals surface area contributed by atoms with Gasteiger partial charge in [0.25, 0.3) is 0 Å². The summed E-state index contributed by atoms with van der Waals surface area (Å²) in [5.74, 6) is 0.435. The predicted molar refractivity (Wildman–Crippen MR) is 82.1 cm³/mol. The van der Waals surface area contributed by atoms with Crippen molar-refractivity contribution in [2.24, 2.45) is 10.7 Å². The van der Waals surface area contributed by atoms with Gasteiger partial charge < -0.3 is 15.8 Å². The highest BCUT2D eigenvalue weighted by Crippen LogP contribution is 2.13. The maximum absolute atomic E-state index is 5.66. The van der Waals surface area contributed by atoms with Crippen molar-refractivity contribution in [3.05, 3.63) is 16.1 Å². The molecule has 0 aromatic carbocycles. The lowest BCUT2D eigenvalue weighted by Crippen LogP contribution is -2.34.